The number of likely N-dealkylation sites (N-methyl/N-ethyl adjacent to an activating group) is 1. The zero-order chi connectivity index (χ0) is 92.6. The lowest BCUT2D eigenvalue weighted by Crippen LogP contribution is -2.57. The first-order chi connectivity index (χ1) is 63.7. The third-order valence-electron chi connectivity index (χ3n) is 25.3. The van der Waals surface area contributed by atoms with Crippen molar-refractivity contribution in [2.75, 3.05) is 60.0 Å². The lowest BCUT2D eigenvalue weighted by Gasteiger charge is -2.44. The molecule has 18 rings (SSSR count). The number of rotatable bonds is 25. The van der Waals surface area contributed by atoms with E-state index in [9.17, 15) is 43.2 Å². The summed E-state index contributed by atoms with van der Waals surface area (Å²) >= 11 is 0. The molecule has 0 radical (unpaired) electrons. The van der Waals surface area contributed by atoms with E-state index in [1.54, 1.807) is 19.1 Å². The van der Waals surface area contributed by atoms with Crippen LogP contribution in [0.4, 0.5) is 4.79 Å². The number of benzene rings is 4. The molecule has 0 unspecified atom stereocenters. The highest BCUT2D eigenvalue weighted by Gasteiger charge is 2.48. The zero-order valence-electron chi connectivity index (χ0n) is 76.2. The fourth-order valence-corrected chi connectivity index (χ4v) is 17.9. The van der Waals surface area contributed by atoms with Crippen LogP contribution in [-0.2, 0) is 74.0 Å². The van der Waals surface area contributed by atoms with Gasteiger partial charge in [-0.15, -0.1) is 0 Å². The fraction of sp³-hybridized carbons (Fsp3) is 0.490. The van der Waals surface area contributed by atoms with Gasteiger partial charge in [-0.1, -0.05) is 199 Å². The molecule has 4 aliphatic carbocycles. The Bertz CT molecular complexity index is 6230. The standard InChI is InChI=1S/C28H36N6O5.C26H33N5O3.C22H27N5O4.C20H23N5O3/c1-27(2,3)39-26(37)33-14-12-28(13-15-33,24(36)29-17-19-8-7-9-19)38-18-21-16-22(35)34-25(30-21)31-23(32-34)20-10-5-4-6-11-20;1-25(2)12-9-15-30(18-25)23(33)26(13-7-4-8-14-26)34-17-20-16-21(32)31-24(27-20)28-22(29-31)19-10-5-3-6-11-19;1-30-13-12-23-20(29)22(10-6-3-7-11-22)31-15-17-14-18(28)27-21(24-17)25-19(26-27)16-8-4-2-5-9-16;1-21-18(27)20(10-6-3-7-11-20)28-13-15-12-16(26)25-19(22-15)23-17(24-25)14-8-4-2-5-9-14/h4-6,10-11,16,19H,7-9,12-15,17-18H2,1-3H3,(H,29,36)(H,30,31,32);3,5-6,10-11,16H,4,7-9,12-15,17-18H2,1-2H3,(H,27,28,29);2,4-5,8-9,14H,3,6-7,10-13,15H2,1H3,(H,23,29)(H,24,25,26);2,4-5,8-9,12H,3,6-7,10-11,13H2,1H3,(H,21,27)(H,22,23,24). The third-order valence-corrected chi connectivity index (χ3v) is 25.3. The molecule has 7 N–H and O–H groups in total. The molecule has 5 amide bonds. The number of likely N-dealkylation sites (tertiary alicyclic amines) is 2. The smallest absolute Gasteiger partial charge is 0.410 e. The average molecular weight is 1810 g/mol. The molecule has 132 heavy (non-hydrogen) atoms. The van der Waals surface area contributed by atoms with E-state index in [1.807, 2.05) is 147 Å². The molecular weight excluding hydrogens is 1690 g/mol. The van der Waals surface area contributed by atoms with Crippen molar-refractivity contribution in [3.63, 3.8) is 0 Å². The molecule has 2 aliphatic heterocycles. The average Bonchev–Trinajstić information content (AvgIpc) is 1.52. The predicted molar refractivity (Wildman–Crippen MR) is 491 cm³/mol. The van der Waals surface area contributed by atoms with Crippen LogP contribution in [0, 0.1) is 11.3 Å². The van der Waals surface area contributed by atoms with Gasteiger partial charge in [0.15, 0.2) is 28.9 Å². The summed E-state index contributed by atoms with van der Waals surface area (Å²) in [4.78, 5) is 155. The largest absolute Gasteiger partial charge is 0.444 e. The molecule has 36 nitrogen and oxygen atoms in total. The number of nitrogens with zero attached hydrogens (tertiary/aromatic N) is 14. The molecule has 10 heterocycles. The van der Waals surface area contributed by atoms with E-state index >= 15 is 0 Å². The van der Waals surface area contributed by atoms with Gasteiger partial charge >= 0.3 is 6.09 Å². The number of piperidine rings is 2. The molecule has 0 atom stereocenters. The van der Waals surface area contributed by atoms with Crippen LogP contribution in [0.1, 0.15) is 199 Å². The Labute approximate surface area is 762 Å². The molecule has 4 aromatic carbocycles. The summed E-state index contributed by atoms with van der Waals surface area (Å²) in [5, 5.41) is 20.6. The molecule has 8 aromatic heterocycles. The van der Waals surface area contributed by atoms with Crippen molar-refractivity contribution in [1.82, 2.24) is 104 Å². The summed E-state index contributed by atoms with van der Waals surface area (Å²) in [6.07, 6.45) is 18.8. The van der Waals surface area contributed by atoms with Crippen LogP contribution in [0.2, 0.25) is 0 Å². The molecule has 6 fully saturated rings. The van der Waals surface area contributed by atoms with Gasteiger partial charge in [0.25, 0.3) is 69.0 Å². The number of fused-ring (bicyclic) bond motifs is 4. The monoisotopic (exact) mass is 1810 g/mol. The Hall–Kier alpha value is -12.8. The van der Waals surface area contributed by atoms with Crippen LogP contribution in [0.3, 0.4) is 0 Å². The number of methoxy groups -OCH3 is 1. The molecule has 12 aromatic rings. The highest BCUT2D eigenvalue weighted by Crippen LogP contribution is 2.40. The van der Waals surface area contributed by atoms with E-state index in [0.717, 1.165) is 119 Å². The second-order valence-electron chi connectivity index (χ2n) is 36.7. The number of aromatic nitrogens is 16. The number of H-pyrrole nitrogens is 4. The Kier molecular flexibility index (Phi) is 29.7. The quantitative estimate of drug-likeness (QED) is 0.0261. The van der Waals surface area contributed by atoms with Gasteiger partial charge in [0, 0.05) is 113 Å². The molecular formula is C96H119N21O15. The van der Waals surface area contributed by atoms with Crippen LogP contribution < -0.4 is 38.2 Å². The van der Waals surface area contributed by atoms with E-state index in [0.29, 0.717) is 142 Å². The van der Waals surface area contributed by atoms with Gasteiger partial charge in [0.2, 0.25) is 0 Å². The number of aromatic amines is 4. The molecule has 0 spiro atoms. The summed E-state index contributed by atoms with van der Waals surface area (Å²) in [7, 11) is 3.21. The van der Waals surface area contributed by atoms with Crippen molar-refractivity contribution in [2.24, 2.45) is 11.3 Å². The normalized spacial score (nSPS) is 17.4. The van der Waals surface area contributed by atoms with Crippen LogP contribution in [-0.4, -0.2) is 206 Å². The zero-order valence-corrected chi connectivity index (χ0v) is 76.2. The molecule has 36 heteroatoms. The second-order valence-corrected chi connectivity index (χ2v) is 36.7. The lowest BCUT2D eigenvalue weighted by molar-refractivity contribution is -0.169. The maximum absolute atomic E-state index is 13.7. The van der Waals surface area contributed by atoms with Crippen LogP contribution >= 0.6 is 0 Å². The Morgan fingerprint density at radius 2 is 0.750 bits per heavy atom. The van der Waals surface area contributed by atoms with Gasteiger partial charge in [-0.2, -0.15) is 38.0 Å². The first kappa shape index (κ1) is 93.9. The summed E-state index contributed by atoms with van der Waals surface area (Å²) in [6, 6.07) is 43.8. The van der Waals surface area contributed by atoms with Gasteiger partial charge in [0.05, 0.1) is 55.8 Å². The van der Waals surface area contributed by atoms with E-state index < -0.39 is 34.1 Å². The SMILES string of the molecule is CC(C)(C)OC(=O)N1CCC(OCc2cc(=O)n3[nH]c(-c4ccccc4)nc3n2)(C(=O)NCC2CCC2)CC1.CC1(C)CCCN(C(=O)C2(OCc3cc(=O)n4[nH]c(-c5ccccc5)nc4n3)CCCCC2)C1.CNC(=O)C1(OCc2cc(=O)n3[nH]c(-c4ccccc4)nc3n2)CCCCC1.COCCNC(=O)C1(OCc2cc(=O)n3[nH]c(-c4ccccc4)nc3n2)CCCCC1. The van der Waals surface area contributed by atoms with Crippen LogP contribution in [0.25, 0.3) is 68.7 Å². The van der Waals surface area contributed by atoms with Crippen molar-refractivity contribution in [1.29, 1.82) is 0 Å². The summed E-state index contributed by atoms with van der Waals surface area (Å²) in [5.74, 6) is 3.46. The van der Waals surface area contributed by atoms with Crippen molar-refractivity contribution >= 4 is 52.8 Å². The summed E-state index contributed by atoms with van der Waals surface area (Å²) in [5.41, 5.74) is -0.0988. The van der Waals surface area contributed by atoms with Crippen molar-refractivity contribution in [2.45, 2.75) is 230 Å². The number of amides is 5. The summed E-state index contributed by atoms with van der Waals surface area (Å²) in [6.45, 7) is 13.8. The fourth-order valence-electron chi connectivity index (χ4n) is 17.9. The number of hydrogen-bond acceptors (Lipinski definition) is 23. The topological polar surface area (TPSA) is 435 Å². The number of nitrogens with one attached hydrogen (secondary N) is 7. The number of carbonyl (C=O) groups excluding carboxylic acids is 5. The van der Waals surface area contributed by atoms with E-state index in [1.165, 1.54) is 48.7 Å². The van der Waals surface area contributed by atoms with Crippen LogP contribution in [0.15, 0.2) is 165 Å². The number of hydrogen-bond donors (Lipinski definition) is 7. The minimum atomic E-state index is -1.14. The maximum atomic E-state index is 13.7. The minimum Gasteiger partial charge on any atom is -0.444 e. The Balaban J connectivity index is 0.000000135. The molecule has 6 aliphatic rings. The second kappa shape index (κ2) is 41.8. The van der Waals surface area contributed by atoms with Gasteiger partial charge in [-0.25, -0.2) is 24.7 Å². The van der Waals surface area contributed by atoms with Gasteiger partial charge < -0.3 is 54.2 Å². The third kappa shape index (κ3) is 22.7. The van der Waals surface area contributed by atoms with Crippen LogP contribution in [0.5, 0.6) is 0 Å². The van der Waals surface area contributed by atoms with E-state index in [2.05, 4.69) is 90.1 Å². The first-order valence-corrected chi connectivity index (χ1v) is 46.0. The molecule has 698 valence electrons. The number of ether oxygens (including phenoxy) is 6. The van der Waals surface area contributed by atoms with Crippen molar-refractivity contribution < 1.29 is 52.4 Å². The highest BCUT2D eigenvalue weighted by molar-refractivity contribution is 5.87. The first-order valence-electron chi connectivity index (χ1n) is 46.0. The lowest BCUT2D eigenvalue weighted by atomic mass is 9.80. The molecule has 2 saturated heterocycles. The van der Waals surface area contributed by atoms with E-state index in [-0.39, 0.29) is 95.0 Å². The Morgan fingerprint density at radius 1 is 0.409 bits per heavy atom. The molecule has 4 saturated carbocycles. The van der Waals surface area contributed by atoms with Gasteiger partial charge in [-0.05, 0) is 96.3 Å². The van der Waals surface area contributed by atoms with Gasteiger partial charge in [-0.3, -0.25) is 58.8 Å². The minimum absolute atomic E-state index is 0.0391. The highest BCUT2D eigenvalue weighted by atomic mass is 16.6. The van der Waals surface area contributed by atoms with E-state index in [4.69, 9.17) is 28.4 Å². The van der Waals surface area contributed by atoms with Crippen molar-refractivity contribution in [3.8, 4) is 45.6 Å². The summed E-state index contributed by atoms with van der Waals surface area (Å²) < 4.78 is 40.6. The predicted octanol–water partition coefficient (Wildman–Crippen LogP) is 11.4. The van der Waals surface area contributed by atoms with Gasteiger partial charge in [0.1, 0.15) is 22.4 Å². The van der Waals surface area contributed by atoms with Crippen molar-refractivity contribution in [3.05, 3.63) is 210 Å². The molecule has 0 bridgehead atoms. The number of carbonyl (C=O) groups is 5. The Morgan fingerprint density at radius 3 is 1.08 bits per heavy atom. The maximum Gasteiger partial charge on any atom is 0.410 e.